The van der Waals surface area contributed by atoms with Gasteiger partial charge in [0.25, 0.3) is 5.91 Å². The van der Waals surface area contributed by atoms with Gasteiger partial charge in [0.1, 0.15) is 0 Å². The third kappa shape index (κ3) is 3.56. The molecule has 2 aromatic carbocycles. The zero-order valence-corrected chi connectivity index (χ0v) is 13.5. The topological polar surface area (TPSA) is 66.4 Å². The summed E-state index contributed by atoms with van der Waals surface area (Å²) in [5, 5.41) is 12.0. The maximum atomic E-state index is 12.2. The number of benzene rings is 2. The van der Waals surface area contributed by atoms with Gasteiger partial charge in [0.2, 0.25) is 0 Å². The number of hydrogen-bond donors (Lipinski definition) is 2. The van der Waals surface area contributed by atoms with Gasteiger partial charge in [-0.25, -0.2) is 4.79 Å². The van der Waals surface area contributed by atoms with Crippen molar-refractivity contribution >= 4 is 56.7 Å². The lowest BCUT2D eigenvalue weighted by molar-refractivity contribution is 0.0696. The number of hydrogen-bond acceptors (Lipinski definition) is 2. The Morgan fingerprint density at radius 3 is 2.52 bits per heavy atom. The molecule has 21 heavy (non-hydrogen) atoms. The zero-order chi connectivity index (χ0) is 15.6. The lowest BCUT2D eigenvalue weighted by Gasteiger charge is -2.10. The number of halogens is 3. The van der Waals surface area contributed by atoms with Crippen molar-refractivity contribution in [3.05, 3.63) is 62.0 Å². The van der Waals surface area contributed by atoms with Gasteiger partial charge in [0.15, 0.2) is 0 Å². The molecule has 108 valence electrons. The van der Waals surface area contributed by atoms with Crippen molar-refractivity contribution in [2.45, 2.75) is 0 Å². The predicted octanol–water partition coefficient (Wildman–Crippen LogP) is 4.71. The number of carbonyl (C=O) groups is 2. The van der Waals surface area contributed by atoms with Gasteiger partial charge in [0, 0.05) is 4.47 Å². The molecule has 0 bridgehead atoms. The van der Waals surface area contributed by atoms with Crippen LogP contribution in [0.15, 0.2) is 40.9 Å². The number of carbonyl (C=O) groups excluding carboxylic acids is 1. The lowest BCUT2D eigenvalue weighted by Crippen LogP contribution is -2.13. The fourth-order valence-corrected chi connectivity index (χ4v) is 2.37. The van der Waals surface area contributed by atoms with Crippen LogP contribution in [0.5, 0.6) is 0 Å². The number of carboxylic acids is 1. The normalized spacial score (nSPS) is 10.2. The van der Waals surface area contributed by atoms with Crippen LogP contribution < -0.4 is 5.32 Å². The first-order chi connectivity index (χ1) is 9.90. The first-order valence-electron chi connectivity index (χ1n) is 5.68. The number of amides is 1. The van der Waals surface area contributed by atoms with E-state index >= 15 is 0 Å². The Balaban J connectivity index is 2.33. The second kappa shape index (κ2) is 6.47. The van der Waals surface area contributed by atoms with E-state index < -0.39 is 11.9 Å². The van der Waals surface area contributed by atoms with Gasteiger partial charge >= 0.3 is 5.97 Å². The summed E-state index contributed by atoms with van der Waals surface area (Å²) in [4.78, 5) is 23.1. The number of rotatable bonds is 3. The highest BCUT2D eigenvalue weighted by atomic mass is 79.9. The van der Waals surface area contributed by atoms with Crippen molar-refractivity contribution in [1.29, 1.82) is 0 Å². The Labute approximate surface area is 138 Å². The Morgan fingerprint density at radius 1 is 1.14 bits per heavy atom. The van der Waals surface area contributed by atoms with E-state index in [2.05, 4.69) is 21.2 Å². The van der Waals surface area contributed by atoms with E-state index in [-0.39, 0.29) is 26.9 Å². The first-order valence-corrected chi connectivity index (χ1v) is 7.23. The molecule has 0 aromatic heterocycles. The molecule has 0 aliphatic heterocycles. The number of aromatic carboxylic acids is 1. The van der Waals surface area contributed by atoms with E-state index in [1.807, 2.05) is 0 Å². The summed E-state index contributed by atoms with van der Waals surface area (Å²) < 4.78 is 0.585. The van der Waals surface area contributed by atoms with Crippen LogP contribution in [0.1, 0.15) is 20.7 Å². The van der Waals surface area contributed by atoms with E-state index in [4.69, 9.17) is 28.3 Å². The smallest absolute Gasteiger partial charge is 0.335 e. The quantitative estimate of drug-likeness (QED) is 0.800. The van der Waals surface area contributed by atoms with E-state index in [1.54, 1.807) is 18.2 Å². The van der Waals surface area contributed by atoms with Crippen molar-refractivity contribution in [3.63, 3.8) is 0 Å². The minimum Gasteiger partial charge on any atom is -0.478 e. The molecule has 2 rings (SSSR count). The molecular formula is C14H8BrCl2NO3. The first kappa shape index (κ1) is 15.8. The molecule has 0 spiro atoms. The molecule has 0 aliphatic rings. The minimum absolute atomic E-state index is 0.0232. The summed E-state index contributed by atoms with van der Waals surface area (Å²) in [5.41, 5.74) is 0.482. The molecule has 2 aromatic rings. The zero-order valence-electron chi connectivity index (χ0n) is 10.4. The van der Waals surface area contributed by atoms with Crippen LogP contribution in [-0.4, -0.2) is 17.0 Å². The highest BCUT2D eigenvalue weighted by molar-refractivity contribution is 9.10. The largest absolute Gasteiger partial charge is 0.478 e. The van der Waals surface area contributed by atoms with Crippen molar-refractivity contribution in [2.24, 2.45) is 0 Å². The molecule has 0 radical (unpaired) electrons. The molecule has 0 aliphatic carbocycles. The van der Waals surface area contributed by atoms with Gasteiger partial charge in [0.05, 0.1) is 26.9 Å². The third-order valence-electron chi connectivity index (χ3n) is 2.66. The molecular weight excluding hydrogens is 381 g/mol. The van der Waals surface area contributed by atoms with Gasteiger partial charge < -0.3 is 10.4 Å². The molecule has 0 atom stereocenters. The van der Waals surface area contributed by atoms with Gasteiger partial charge in [-0.3, -0.25) is 4.79 Å². The van der Waals surface area contributed by atoms with Gasteiger partial charge in [-0.2, -0.15) is 0 Å². The summed E-state index contributed by atoms with van der Waals surface area (Å²) in [6.45, 7) is 0. The fourth-order valence-electron chi connectivity index (χ4n) is 1.62. The average Bonchev–Trinajstić information content (AvgIpc) is 2.43. The Kier molecular flexibility index (Phi) is 4.88. The van der Waals surface area contributed by atoms with Crippen LogP contribution >= 0.6 is 39.1 Å². The maximum absolute atomic E-state index is 12.2. The van der Waals surface area contributed by atoms with E-state index in [0.29, 0.717) is 4.47 Å². The van der Waals surface area contributed by atoms with Crippen molar-refractivity contribution < 1.29 is 14.7 Å². The second-order valence-electron chi connectivity index (χ2n) is 4.06. The molecule has 2 N–H and O–H groups in total. The highest BCUT2D eigenvalue weighted by Crippen LogP contribution is 2.28. The summed E-state index contributed by atoms with van der Waals surface area (Å²) in [6, 6.07) is 8.97. The maximum Gasteiger partial charge on any atom is 0.335 e. The second-order valence-corrected chi connectivity index (χ2v) is 5.69. The molecule has 7 heteroatoms. The summed E-state index contributed by atoms with van der Waals surface area (Å²) in [7, 11) is 0. The molecule has 0 fully saturated rings. The van der Waals surface area contributed by atoms with Crippen LogP contribution in [0.2, 0.25) is 10.0 Å². The monoisotopic (exact) mass is 387 g/mol. The van der Waals surface area contributed by atoms with Gasteiger partial charge in [-0.1, -0.05) is 29.3 Å². The summed E-state index contributed by atoms with van der Waals surface area (Å²) in [6.07, 6.45) is 0. The minimum atomic E-state index is -1.11. The highest BCUT2D eigenvalue weighted by Gasteiger charge is 2.15. The molecule has 0 unspecified atom stereocenters. The SMILES string of the molecule is O=C(O)c1ccc(Cl)c(NC(=O)c2cccc(Br)c2Cl)c1. The van der Waals surface area contributed by atoms with Crippen molar-refractivity contribution in [2.75, 3.05) is 5.32 Å². The predicted molar refractivity (Wildman–Crippen MR) is 85.5 cm³/mol. The summed E-state index contributed by atoms with van der Waals surface area (Å²) in [5.74, 6) is -1.59. The van der Waals surface area contributed by atoms with E-state index in [9.17, 15) is 9.59 Å². The van der Waals surface area contributed by atoms with Crippen LogP contribution in [0.4, 0.5) is 5.69 Å². The fraction of sp³-hybridized carbons (Fsp3) is 0. The molecule has 0 saturated heterocycles. The van der Waals surface area contributed by atoms with Gasteiger partial charge in [-0.05, 0) is 46.3 Å². The standard InChI is InChI=1S/C14H8BrCl2NO3/c15-9-3-1-2-8(12(9)17)13(19)18-11-6-7(14(20)21)4-5-10(11)16/h1-6H,(H,18,19)(H,20,21). The van der Waals surface area contributed by atoms with Crippen LogP contribution in [0, 0.1) is 0 Å². The van der Waals surface area contributed by atoms with Crippen LogP contribution in [0.3, 0.4) is 0 Å². The average molecular weight is 389 g/mol. The Bertz CT molecular complexity index is 734. The number of carboxylic acid groups (broad SMARTS) is 1. The van der Waals surface area contributed by atoms with Gasteiger partial charge in [-0.15, -0.1) is 0 Å². The Morgan fingerprint density at radius 2 is 1.86 bits per heavy atom. The summed E-state index contributed by atoms with van der Waals surface area (Å²) >= 11 is 15.2. The Hall–Kier alpha value is -1.56. The number of nitrogens with one attached hydrogen (secondary N) is 1. The van der Waals surface area contributed by atoms with E-state index in [0.717, 1.165) is 0 Å². The van der Waals surface area contributed by atoms with Crippen LogP contribution in [-0.2, 0) is 0 Å². The van der Waals surface area contributed by atoms with Crippen molar-refractivity contribution in [1.82, 2.24) is 0 Å². The van der Waals surface area contributed by atoms with E-state index in [1.165, 1.54) is 18.2 Å². The molecule has 0 saturated carbocycles. The van der Waals surface area contributed by atoms with Crippen molar-refractivity contribution in [3.8, 4) is 0 Å². The lowest BCUT2D eigenvalue weighted by atomic mass is 10.1. The van der Waals surface area contributed by atoms with Crippen LogP contribution in [0.25, 0.3) is 0 Å². The third-order valence-corrected chi connectivity index (χ3v) is 4.28. The molecule has 1 amide bonds. The molecule has 0 heterocycles. The molecule has 4 nitrogen and oxygen atoms in total. The number of anilines is 1.